The normalized spacial score (nSPS) is 25.3. The van der Waals surface area contributed by atoms with Gasteiger partial charge in [-0.3, -0.25) is 4.90 Å². The molecule has 1 saturated heterocycles. The van der Waals surface area contributed by atoms with Crippen molar-refractivity contribution in [3.63, 3.8) is 0 Å². The Balaban J connectivity index is 2.36. The van der Waals surface area contributed by atoms with Gasteiger partial charge in [0.15, 0.2) is 0 Å². The maximum absolute atomic E-state index is 6.17. The van der Waals surface area contributed by atoms with Crippen molar-refractivity contribution >= 4 is 23.2 Å². The highest BCUT2D eigenvalue weighted by Crippen LogP contribution is 2.36. The number of benzene rings is 1. The lowest BCUT2D eigenvalue weighted by molar-refractivity contribution is 0.166. The highest BCUT2D eigenvalue weighted by Gasteiger charge is 2.29. The van der Waals surface area contributed by atoms with Crippen LogP contribution in [0.1, 0.15) is 37.8 Å². The molecule has 1 fully saturated rings. The van der Waals surface area contributed by atoms with Gasteiger partial charge in [-0.05, 0) is 56.1 Å². The molecule has 0 amide bonds. The summed E-state index contributed by atoms with van der Waals surface area (Å²) in [6.07, 6.45) is 3.70. The Kier molecular flexibility index (Phi) is 5.52. The van der Waals surface area contributed by atoms with Crippen molar-refractivity contribution in [2.45, 2.75) is 32.2 Å². The lowest BCUT2D eigenvalue weighted by Crippen LogP contribution is -2.35. The molecule has 1 heterocycles. The predicted octanol–water partition coefficient (Wildman–Crippen LogP) is 4.12. The minimum absolute atomic E-state index is 0.368. The average Bonchev–Trinajstić information content (AvgIpc) is 2.63. The van der Waals surface area contributed by atoms with E-state index in [1.807, 2.05) is 12.1 Å². The second-order valence-electron chi connectivity index (χ2n) is 5.24. The van der Waals surface area contributed by atoms with Gasteiger partial charge in [-0.15, -0.1) is 0 Å². The van der Waals surface area contributed by atoms with Crippen LogP contribution in [-0.2, 0) is 0 Å². The summed E-state index contributed by atoms with van der Waals surface area (Å²) in [5, 5.41) is 1.25. The largest absolute Gasteiger partial charge is 0.330 e. The van der Waals surface area contributed by atoms with Crippen molar-refractivity contribution in [3.05, 3.63) is 33.8 Å². The topological polar surface area (TPSA) is 29.3 Å². The van der Waals surface area contributed by atoms with Crippen LogP contribution in [0.5, 0.6) is 0 Å². The third kappa shape index (κ3) is 3.43. The minimum Gasteiger partial charge on any atom is -0.330 e. The zero-order valence-electron chi connectivity index (χ0n) is 11.4. The van der Waals surface area contributed by atoms with Gasteiger partial charge in [0, 0.05) is 6.04 Å². The van der Waals surface area contributed by atoms with Crippen LogP contribution in [0.25, 0.3) is 0 Å². The van der Waals surface area contributed by atoms with Gasteiger partial charge in [-0.25, -0.2) is 0 Å². The zero-order chi connectivity index (χ0) is 13.8. The van der Waals surface area contributed by atoms with Gasteiger partial charge in [-0.2, -0.15) is 0 Å². The number of hydrogen-bond acceptors (Lipinski definition) is 2. The lowest BCUT2D eigenvalue weighted by atomic mass is 9.89. The first-order valence-corrected chi connectivity index (χ1v) is 7.82. The Morgan fingerprint density at radius 1 is 1.26 bits per heavy atom. The van der Waals surface area contributed by atoms with Crippen molar-refractivity contribution in [1.82, 2.24) is 4.90 Å². The molecule has 4 heteroatoms. The second-order valence-corrected chi connectivity index (χ2v) is 6.05. The van der Waals surface area contributed by atoms with E-state index < -0.39 is 0 Å². The molecular formula is C15H22Cl2N2. The summed E-state index contributed by atoms with van der Waals surface area (Å²) in [6.45, 7) is 5.12. The minimum atomic E-state index is 0.368. The molecule has 0 aliphatic carbocycles. The van der Waals surface area contributed by atoms with Crippen molar-refractivity contribution < 1.29 is 0 Å². The fraction of sp³-hybridized carbons (Fsp3) is 0.600. The summed E-state index contributed by atoms with van der Waals surface area (Å²) >= 11 is 12.2. The van der Waals surface area contributed by atoms with Crippen LogP contribution in [0.2, 0.25) is 10.0 Å². The molecule has 2 atom stereocenters. The summed E-state index contributed by atoms with van der Waals surface area (Å²) in [6, 6.07) is 6.36. The molecule has 1 aliphatic rings. The summed E-state index contributed by atoms with van der Waals surface area (Å²) in [4.78, 5) is 2.52. The van der Waals surface area contributed by atoms with E-state index in [1.54, 1.807) is 0 Å². The average molecular weight is 301 g/mol. The molecule has 0 bridgehead atoms. The van der Waals surface area contributed by atoms with Gasteiger partial charge in [-0.1, -0.05) is 42.6 Å². The summed E-state index contributed by atoms with van der Waals surface area (Å²) in [5.74, 6) is 0.500. The first-order valence-electron chi connectivity index (χ1n) is 7.06. The van der Waals surface area contributed by atoms with Crippen LogP contribution in [0.4, 0.5) is 0 Å². The summed E-state index contributed by atoms with van der Waals surface area (Å²) in [7, 11) is 0. The molecule has 2 rings (SSSR count). The lowest BCUT2D eigenvalue weighted by Gasteiger charge is -2.34. The molecule has 2 nitrogen and oxygen atoms in total. The SMILES string of the molecule is CCN1CCCCC(CN)C1c1ccc(Cl)c(Cl)c1. The standard InChI is InChI=1S/C15H22Cl2N2/c1-2-19-8-4-3-5-12(10-18)15(19)11-6-7-13(16)14(17)9-11/h6-7,9,12,15H,2-5,8,10,18H2,1H3. The van der Waals surface area contributed by atoms with Gasteiger partial charge in [0.1, 0.15) is 0 Å². The first-order chi connectivity index (χ1) is 9.17. The molecule has 0 aromatic heterocycles. The van der Waals surface area contributed by atoms with Crippen LogP contribution in [0.3, 0.4) is 0 Å². The van der Waals surface area contributed by atoms with Gasteiger partial charge in [0.05, 0.1) is 10.0 Å². The number of nitrogens with two attached hydrogens (primary N) is 1. The van der Waals surface area contributed by atoms with E-state index in [9.17, 15) is 0 Å². The predicted molar refractivity (Wildman–Crippen MR) is 82.8 cm³/mol. The van der Waals surface area contributed by atoms with E-state index in [-0.39, 0.29) is 0 Å². The Morgan fingerprint density at radius 3 is 2.68 bits per heavy atom. The smallest absolute Gasteiger partial charge is 0.0595 e. The van der Waals surface area contributed by atoms with Gasteiger partial charge in [0.25, 0.3) is 0 Å². The number of hydrogen-bond donors (Lipinski definition) is 1. The third-order valence-electron chi connectivity index (χ3n) is 4.10. The molecular weight excluding hydrogens is 279 g/mol. The second kappa shape index (κ2) is 6.94. The highest BCUT2D eigenvalue weighted by molar-refractivity contribution is 6.42. The fourth-order valence-electron chi connectivity index (χ4n) is 3.10. The quantitative estimate of drug-likeness (QED) is 0.910. The summed E-state index contributed by atoms with van der Waals surface area (Å²) < 4.78 is 0. The summed E-state index contributed by atoms with van der Waals surface area (Å²) in [5.41, 5.74) is 7.24. The Hall–Kier alpha value is -0.280. The van der Waals surface area contributed by atoms with E-state index in [0.29, 0.717) is 22.0 Å². The van der Waals surface area contributed by atoms with E-state index >= 15 is 0 Å². The molecule has 1 aliphatic heterocycles. The monoisotopic (exact) mass is 300 g/mol. The van der Waals surface area contributed by atoms with Crippen LogP contribution < -0.4 is 5.73 Å². The fourth-order valence-corrected chi connectivity index (χ4v) is 3.40. The van der Waals surface area contributed by atoms with Crippen LogP contribution in [-0.4, -0.2) is 24.5 Å². The number of rotatable bonds is 3. The Morgan fingerprint density at radius 2 is 2.05 bits per heavy atom. The van der Waals surface area contributed by atoms with Gasteiger partial charge < -0.3 is 5.73 Å². The molecule has 1 aromatic carbocycles. The van der Waals surface area contributed by atoms with E-state index in [0.717, 1.165) is 19.6 Å². The zero-order valence-corrected chi connectivity index (χ0v) is 12.9. The third-order valence-corrected chi connectivity index (χ3v) is 4.84. The van der Waals surface area contributed by atoms with E-state index in [2.05, 4.69) is 17.9 Å². The Labute approximate surface area is 125 Å². The number of nitrogens with zero attached hydrogens (tertiary/aromatic N) is 1. The molecule has 1 aromatic rings. The maximum atomic E-state index is 6.17. The molecule has 0 saturated carbocycles. The Bertz CT molecular complexity index is 409. The number of likely N-dealkylation sites (tertiary alicyclic amines) is 1. The van der Waals surface area contributed by atoms with Crippen LogP contribution >= 0.6 is 23.2 Å². The first kappa shape index (κ1) is 15.1. The van der Waals surface area contributed by atoms with Crippen molar-refractivity contribution in [2.24, 2.45) is 11.7 Å². The molecule has 2 unspecified atom stereocenters. The van der Waals surface area contributed by atoms with Gasteiger partial charge >= 0.3 is 0 Å². The molecule has 0 radical (unpaired) electrons. The van der Waals surface area contributed by atoms with Crippen molar-refractivity contribution in [2.75, 3.05) is 19.6 Å². The number of halogens is 2. The maximum Gasteiger partial charge on any atom is 0.0595 e. The molecule has 0 spiro atoms. The molecule has 106 valence electrons. The van der Waals surface area contributed by atoms with Crippen molar-refractivity contribution in [3.8, 4) is 0 Å². The molecule has 19 heavy (non-hydrogen) atoms. The van der Waals surface area contributed by atoms with E-state index in [4.69, 9.17) is 28.9 Å². The van der Waals surface area contributed by atoms with Crippen molar-refractivity contribution in [1.29, 1.82) is 0 Å². The van der Waals surface area contributed by atoms with E-state index in [1.165, 1.54) is 24.8 Å². The highest BCUT2D eigenvalue weighted by atomic mass is 35.5. The van der Waals surface area contributed by atoms with Gasteiger partial charge in [0.2, 0.25) is 0 Å². The van der Waals surface area contributed by atoms with Crippen LogP contribution in [0, 0.1) is 5.92 Å². The van der Waals surface area contributed by atoms with Crippen LogP contribution in [0.15, 0.2) is 18.2 Å². The molecule has 2 N–H and O–H groups in total.